The number of hydrogen-bond donors (Lipinski definition) is 0. The Morgan fingerprint density at radius 2 is 1.95 bits per heavy atom. The zero-order chi connectivity index (χ0) is 15.5. The first-order valence-corrected chi connectivity index (χ1v) is 9.45. The van der Waals surface area contributed by atoms with Crippen LogP contribution in [0.15, 0.2) is 33.6 Å². The molecule has 3 atom stereocenters. The van der Waals surface area contributed by atoms with Gasteiger partial charge in [-0.3, -0.25) is 0 Å². The molecule has 21 heavy (non-hydrogen) atoms. The van der Waals surface area contributed by atoms with Crippen LogP contribution < -0.4 is 0 Å². The van der Waals surface area contributed by atoms with Gasteiger partial charge >= 0.3 is 0 Å². The molecule has 1 saturated carbocycles. The molecule has 0 radical (unpaired) electrons. The molecule has 3 unspecified atom stereocenters. The summed E-state index contributed by atoms with van der Waals surface area (Å²) in [6.45, 7) is 7.05. The predicted molar refractivity (Wildman–Crippen MR) is 94.3 cm³/mol. The summed E-state index contributed by atoms with van der Waals surface area (Å²) in [4.78, 5) is 1.28. The molecule has 0 aliphatic heterocycles. The minimum Gasteiger partial charge on any atom is -0.198 e. The van der Waals surface area contributed by atoms with E-state index >= 15 is 0 Å². The molecule has 114 valence electrons. The predicted octanol–water partition coefficient (Wildman–Crippen LogP) is 6.29. The van der Waals surface area contributed by atoms with Gasteiger partial charge in [0.15, 0.2) is 0 Å². The summed E-state index contributed by atoms with van der Waals surface area (Å²) in [5.41, 5.74) is 0.388. The maximum Gasteiger partial charge on any atom is 0.0667 e. The molecule has 1 fully saturated rings. The van der Waals surface area contributed by atoms with Gasteiger partial charge in [-0.2, -0.15) is 5.26 Å². The van der Waals surface area contributed by atoms with Crippen molar-refractivity contribution in [2.24, 2.45) is 17.3 Å². The van der Waals surface area contributed by atoms with Crippen LogP contribution in [0.25, 0.3) is 0 Å². The lowest BCUT2D eigenvalue weighted by Crippen LogP contribution is -2.34. The van der Waals surface area contributed by atoms with Crippen molar-refractivity contribution >= 4 is 27.7 Å². The minimum atomic E-state index is 0.197. The van der Waals surface area contributed by atoms with E-state index in [9.17, 15) is 5.26 Å². The van der Waals surface area contributed by atoms with Gasteiger partial charge in [-0.15, -0.1) is 11.8 Å². The number of benzene rings is 1. The highest BCUT2D eigenvalue weighted by Crippen LogP contribution is 2.46. The summed E-state index contributed by atoms with van der Waals surface area (Å²) in [6.07, 6.45) is 4.64. The van der Waals surface area contributed by atoms with Gasteiger partial charge in [0, 0.05) is 14.6 Å². The Kier molecular flexibility index (Phi) is 5.80. The lowest BCUT2D eigenvalue weighted by Gasteiger charge is -2.41. The average molecular weight is 366 g/mol. The largest absolute Gasteiger partial charge is 0.198 e. The van der Waals surface area contributed by atoms with Crippen molar-refractivity contribution < 1.29 is 0 Å². The molecule has 3 heteroatoms. The van der Waals surface area contributed by atoms with Crippen LogP contribution >= 0.6 is 27.7 Å². The number of rotatable bonds is 4. The molecule has 0 amide bonds. The molecular formula is C18H24BrNS. The first-order valence-electron chi connectivity index (χ1n) is 7.78. The maximum atomic E-state index is 9.46. The fourth-order valence-electron chi connectivity index (χ4n) is 3.09. The van der Waals surface area contributed by atoms with Crippen LogP contribution in [0.1, 0.15) is 46.5 Å². The van der Waals surface area contributed by atoms with E-state index in [0.29, 0.717) is 10.7 Å². The number of nitriles is 1. The van der Waals surface area contributed by atoms with Gasteiger partial charge in [-0.25, -0.2) is 0 Å². The summed E-state index contributed by atoms with van der Waals surface area (Å²) in [6, 6.07) is 11.0. The van der Waals surface area contributed by atoms with Crippen molar-refractivity contribution in [3.8, 4) is 6.07 Å². The van der Waals surface area contributed by atoms with Crippen LogP contribution in [0, 0.1) is 28.6 Å². The van der Waals surface area contributed by atoms with Crippen molar-refractivity contribution in [1.29, 1.82) is 5.26 Å². The van der Waals surface area contributed by atoms with E-state index in [-0.39, 0.29) is 5.92 Å². The topological polar surface area (TPSA) is 23.8 Å². The molecule has 0 bridgehead atoms. The molecule has 1 nitrogen and oxygen atoms in total. The van der Waals surface area contributed by atoms with E-state index in [1.54, 1.807) is 0 Å². The van der Waals surface area contributed by atoms with Crippen molar-refractivity contribution in [2.75, 3.05) is 0 Å². The first-order chi connectivity index (χ1) is 9.96. The monoisotopic (exact) mass is 365 g/mol. The third-order valence-electron chi connectivity index (χ3n) is 5.08. The third-order valence-corrected chi connectivity index (χ3v) is 6.97. The van der Waals surface area contributed by atoms with Crippen LogP contribution in [0.5, 0.6) is 0 Å². The smallest absolute Gasteiger partial charge is 0.0667 e. The molecule has 0 spiro atoms. The Morgan fingerprint density at radius 1 is 1.29 bits per heavy atom. The third kappa shape index (κ3) is 4.27. The second kappa shape index (κ2) is 7.20. The highest BCUT2D eigenvalue weighted by Gasteiger charge is 2.37. The molecule has 1 aromatic carbocycles. The van der Waals surface area contributed by atoms with E-state index in [1.807, 2.05) is 11.8 Å². The SMILES string of the molecule is CCC(C)(C)C1CCC(C#N)C(Sc2ccc(Br)cc2)C1. The van der Waals surface area contributed by atoms with Gasteiger partial charge < -0.3 is 0 Å². The molecule has 0 heterocycles. The number of halogens is 1. The average Bonchev–Trinajstić information content (AvgIpc) is 2.49. The second-order valence-electron chi connectivity index (χ2n) is 6.70. The van der Waals surface area contributed by atoms with E-state index in [4.69, 9.17) is 0 Å². The number of hydrogen-bond acceptors (Lipinski definition) is 2. The summed E-state index contributed by atoms with van der Waals surface area (Å²) < 4.78 is 1.11. The molecule has 0 aromatic heterocycles. The molecule has 1 aliphatic carbocycles. The zero-order valence-electron chi connectivity index (χ0n) is 13.1. The first kappa shape index (κ1) is 16.9. The Bertz CT molecular complexity index is 503. The Balaban J connectivity index is 2.10. The second-order valence-corrected chi connectivity index (χ2v) is 8.93. The Morgan fingerprint density at radius 3 is 2.52 bits per heavy atom. The molecule has 0 saturated heterocycles. The van der Waals surface area contributed by atoms with E-state index in [2.05, 4.69) is 67.0 Å². The fraction of sp³-hybridized carbons (Fsp3) is 0.611. The van der Waals surface area contributed by atoms with Gasteiger partial charge in [0.1, 0.15) is 0 Å². The van der Waals surface area contributed by atoms with Crippen LogP contribution in [-0.2, 0) is 0 Å². The van der Waals surface area contributed by atoms with Gasteiger partial charge in [0.2, 0.25) is 0 Å². The van der Waals surface area contributed by atoms with Crippen molar-refractivity contribution in [2.45, 2.75) is 56.6 Å². The van der Waals surface area contributed by atoms with E-state index in [0.717, 1.165) is 16.8 Å². The quantitative estimate of drug-likeness (QED) is 0.626. The number of thioether (sulfide) groups is 1. The van der Waals surface area contributed by atoms with Crippen LogP contribution in [-0.4, -0.2) is 5.25 Å². The van der Waals surface area contributed by atoms with Crippen molar-refractivity contribution in [3.63, 3.8) is 0 Å². The highest BCUT2D eigenvalue weighted by molar-refractivity contribution is 9.10. The highest BCUT2D eigenvalue weighted by atomic mass is 79.9. The van der Waals surface area contributed by atoms with E-state index in [1.165, 1.54) is 24.2 Å². The van der Waals surface area contributed by atoms with Crippen LogP contribution in [0.2, 0.25) is 0 Å². The van der Waals surface area contributed by atoms with Crippen molar-refractivity contribution in [3.05, 3.63) is 28.7 Å². The lowest BCUT2D eigenvalue weighted by molar-refractivity contribution is 0.144. The maximum absolute atomic E-state index is 9.46. The molecule has 2 rings (SSSR count). The molecule has 1 aromatic rings. The minimum absolute atomic E-state index is 0.197. The molecule has 1 aliphatic rings. The van der Waals surface area contributed by atoms with E-state index < -0.39 is 0 Å². The van der Waals surface area contributed by atoms with Gasteiger partial charge in [-0.05, 0) is 54.9 Å². The lowest BCUT2D eigenvalue weighted by atomic mass is 9.67. The Hall–Kier alpha value is -0.460. The van der Waals surface area contributed by atoms with Crippen LogP contribution in [0.3, 0.4) is 0 Å². The van der Waals surface area contributed by atoms with Gasteiger partial charge in [-0.1, -0.05) is 43.1 Å². The normalized spacial score (nSPS) is 26.3. The Labute approximate surface area is 141 Å². The summed E-state index contributed by atoms with van der Waals surface area (Å²) >= 11 is 5.37. The summed E-state index contributed by atoms with van der Waals surface area (Å²) in [5.74, 6) is 0.933. The number of nitrogens with zero attached hydrogens (tertiary/aromatic N) is 1. The summed E-state index contributed by atoms with van der Waals surface area (Å²) in [7, 11) is 0. The standard InChI is InChI=1S/C18H24BrNS/c1-4-18(2,3)14-6-5-13(12-20)17(11-14)21-16-9-7-15(19)8-10-16/h7-10,13-14,17H,4-6,11H2,1-3H3. The van der Waals surface area contributed by atoms with Crippen LogP contribution in [0.4, 0.5) is 0 Å². The zero-order valence-corrected chi connectivity index (χ0v) is 15.5. The van der Waals surface area contributed by atoms with Crippen molar-refractivity contribution in [1.82, 2.24) is 0 Å². The molecule has 0 N–H and O–H groups in total. The summed E-state index contributed by atoms with van der Waals surface area (Å²) in [5, 5.41) is 9.89. The van der Waals surface area contributed by atoms with Gasteiger partial charge in [0.05, 0.1) is 12.0 Å². The molecular weight excluding hydrogens is 342 g/mol. The fourth-order valence-corrected chi connectivity index (χ4v) is 4.69. The van der Waals surface area contributed by atoms with Gasteiger partial charge in [0.25, 0.3) is 0 Å².